The molecule has 0 aliphatic rings. The van der Waals surface area contributed by atoms with Gasteiger partial charge in [-0.15, -0.1) is 0 Å². The smallest absolute Gasteiger partial charge is 0.0564 e. The van der Waals surface area contributed by atoms with Crippen molar-refractivity contribution in [2.75, 3.05) is 32.7 Å². The maximum Gasteiger partial charge on any atom is 0.0564 e. The van der Waals surface area contributed by atoms with Gasteiger partial charge in [0.2, 0.25) is 0 Å². The summed E-state index contributed by atoms with van der Waals surface area (Å²) in [5.74, 6) is 0. The second-order valence-electron chi connectivity index (χ2n) is 8.23. The zero-order chi connectivity index (χ0) is 27.6. The van der Waals surface area contributed by atoms with Gasteiger partial charge < -0.3 is 10.2 Å². The molecule has 202 valence electrons. The fourth-order valence-electron chi connectivity index (χ4n) is 3.38. The van der Waals surface area contributed by atoms with Crippen LogP contribution in [-0.4, -0.2) is 50.1 Å². The highest BCUT2D eigenvalue weighted by atomic mass is 15.1. The second kappa shape index (κ2) is 21.6. The Hall–Kier alpha value is -4.44. The summed E-state index contributed by atoms with van der Waals surface area (Å²) in [5.41, 5.74) is 3.55. The molecule has 0 fully saturated rings. The van der Waals surface area contributed by atoms with Gasteiger partial charge in [-0.05, 0) is 28.8 Å². The van der Waals surface area contributed by atoms with E-state index in [0.29, 0.717) is 0 Å². The van der Waals surface area contributed by atoms with Crippen molar-refractivity contribution in [2.45, 2.75) is 13.8 Å². The van der Waals surface area contributed by atoms with E-state index in [1.54, 1.807) is 0 Å². The van der Waals surface area contributed by atoms with E-state index in [0.717, 1.165) is 32.7 Å². The molecular formula is C35H42N4. The van der Waals surface area contributed by atoms with Crippen molar-refractivity contribution in [3.8, 4) is 0 Å². The van der Waals surface area contributed by atoms with E-state index in [9.17, 15) is 0 Å². The van der Waals surface area contributed by atoms with Gasteiger partial charge in [-0.25, -0.2) is 0 Å². The Morgan fingerprint density at radius 2 is 1.13 bits per heavy atom. The van der Waals surface area contributed by atoms with Crippen LogP contribution < -0.4 is 5.32 Å². The lowest BCUT2D eigenvalue weighted by Gasteiger charge is -2.17. The van der Waals surface area contributed by atoms with Crippen LogP contribution in [-0.2, 0) is 0 Å². The largest absolute Gasteiger partial charge is 0.388 e. The predicted octanol–water partition coefficient (Wildman–Crippen LogP) is 7.66. The molecule has 0 saturated carbocycles. The van der Waals surface area contributed by atoms with Crippen molar-refractivity contribution in [3.05, 3.63) is 138 Å². The minimum Gasteiger partial charge on any atom is -0.388 e. The summed E-state index contributed by atoms with van der Waals surface area (Å²) < 4.78 is 0. The molecule has 4 nitrogen and oxygen atoms in total. The molecule has 0 radical (unpaired) electrons. The summed E-state index contributed by atoms with van der Waals surface area (Å²) in [5, 5.41) is 3.33. The van der Waals surface area contributed by atoms with Gasteiger partial charge >= 0.3 is 0 Å². The fraction of sp³-hybridized carbons (Fsp3) is 0.200. The van der Waals surface area contributed by atoms with Crippen LogP contribution in [0.5, 0.6) is 0 Å². The summed E-state index contributed by atoms with van der Waals surface area (Å²) in [6, 6.07) is 30.8. The minimum atomic E-state index is 0.718. The molecule has 3 rings (SSSR count). The molecule has 39 heavy (non-hydrogen) atoms. The molecule has 0 saturated heterocycles. The number of nitrogens with one attached hydrogen (secondary N) is 1. The lowest BCUT2D eigenvalue weighted by molar-refractivity contribution is 0.425. The number of rotatable bonds is 15. The van der Waals surface area contributed by atoms with E-state index in [2.05, 4.69) is 99.2 Å². The second-order valence-corrected chi connectivity index (χ2v) is 8.23. The molecule has 0 bridgehead atoms. The summed E-state index contributed by atoms with van der Waals surface area (Å²) >= 11 is 0. The third kappa shape index (κ3) is 15.4. The first-order valence-electron chi connectivity index (χ1n) is 13.7. The number of hydrogen-bond donors (Lipinski definition) is 1. The average Bonchev–Trinajstić information content (AvgIpc) is 3.00. The average molecular weight is 519 g/mol. The van der Waals surface area contributed by atoms with Gasteiger partial charge in [-0.1, -0.05) is 129 Å². The van der Waals surface area contributed by atoms with Crippen LogP contribution in [0.15, 0.2) is 132 Å². The van der Waals surface area contributed by atoms with Gasteiger partial charge in [0.05, 0.1) is 13.1 Å². The molecule has 1 N–H and O–H groups in total. The zero-order valence-corrected chi connectivity index (χ0v) is 23.3. The van der Waals surface area contributed by atoms with Crippen molar-refractivity contribution >= 4 is 30.7 Å². The van der Waals surface area contributed by atoms with Crippen molar-refractivity contribution in [2.24, 2.45) is 9.98 Å². The SMILES string of the molecule is C(/C=C/c1ccccc1)=NCCN/C=C/N(C/C=C/c1ccccc1)CCN=C/C=C/c1ccccc1.CC. The monoisotopic (exact) mass is 518 g/mol. The summed E-state index contributed by atoms with van der Waals surface area (Å²) in [6.45, 7) is 7.86. The van der Waals surface area contributed by atoms with Crippen LogP contribution in [0.3, 0.4) is 0 Å². The molecule has 3 aromatic rings. The molecular weight excluding hydrogens is 476 g/mol. The molecule has 3 aromatic carbocycles. The van der Waals surface area contributed by atoms with E-state index in [1.807, 2.05) is 87.1 Å². The molecule has 0 aliphatic heterocycles. The number of aliphatic imine (C=N–C) groups is 2. The quantitative estimate of drug-likeness (QED) is 0.166. The standard InChI is InChI=1S/C33H36N4.C2H6/c1-4-13-31(14-5-1)19-10-22-34-24-25-36-27-30-37(28-12-21-33-17-8-3-9-18-33)29-26-35-23-11-20-32-15-6-2-7-16-32;1-2/h1-23,27,30,36H,24-26,28-29H2;1-2H3/b19-10+,20-11+,21-12+,30-27+,34-22?,35-23?;. The van der Waals surface area contributed by atoms with Crippen molar-refractivity contribution in [1.29, 1.82) is 0 Å². The van der Waals surface area contributed by atoms with Crippen LogP contribution in [0.4, 0.5) is 0 Å². The van der Waals surface area contributed by atoms with Crippen molar-refractivity contribution < 1.29 is 0 Å². The van der Waals surface area contributed by atoms with Crippen LogP contribution in [0, 0.1) is 0 Å². The third-order valence-electron chi connectivity index (χ3n) is 5.31. The summed E-state index contributed by atoms with van der Waals surface area (Å²) in [4.78, 5) is 11.2. The van der Waals surface area contributed by atoms with Crippen LogP contribution in [0.2, 0.25) is 0 Å². The number of benzene rings is 3. The molecule has 0 heterocycles. The Morgan fingerprint density at radius 1 is 0.641 bits per heavy atom. The van der Waals surface area contributed by atoms with E-state index < -0.39 is 0 Å². The van der Waals surface area contributed by atoms with Gasteiger partial charge in [0.15, 0.2) is 0 Å². The highest BCUT2D eigenvalue weighted by molar-refractivity contribution is 5.78. The summed E-state index contributed by atoms with van der Waals surface area (Å²) in [7, 11) is 0. The van der Waals surface area contributed by atoms with E-state index in [-0.39, 0.29) is 0 Å². The number of allylic oxidation sites excluding steroid dienone is 2. The van der Waals surface area contributed by atoms with Crippen LogP contribution in [0.25, 0.3) is 18.2 Å². The van der Waals surface area contributed by atoms with Gasteiger partial charge in [0.25, 0.3) is 0 Å². The molecule has 0 aliphatic carbocycles. The molecule has 0 amide bonds. The molecule has 0 aromatic heterocycles. The predicted molar refractivity (Wildman–Crippen MR) is 173 cm³/mol. The van der Waals surface area contributed by atoms with Crippen molar-refractivity contribution in [3.63, 3.8) is 0 Å². The molecule has 0 unspecified atom stereocenters. The Bertz CT molecular complexity index is 1160. The first-order valence-corrected chi connectivity index (χ1v) is 13.7. The van der Waals surface area contributed by atoms with Crippen LogP contribution >= 0.6 is 0 Å². The third-order valence-corrected chi connectivity index (χ3v) is 5.31. The maximum atomic E-state index is 4.54. The molecule has 4 heteroatoms. The normalized spacial score (nSPS) is 11.7. The summed E-state index contributed by atoms with van der Waals surface area (Å²) in [6.07, 6.45) is 20.2. The van der Waals surface area contributed by atoms with E-state index >= 15 is 0 Å². The minimum absolute atomic E-state index is 0.718. The number of nitrogens with zero attached hydrogens (tertiary/aromatic N) is 3. The highest BCUT2D eigenvalue weighted by Gasteiger charge is 1.96. The Labute approximate surface area is 235 Å². The van der Waals surface area contributed by atoms with Gasteiger partial charge in [-0.3, -0.25) is 9.98 Å². The first-order chi connectivity index (χ1) is 19.4. The van der Waals surface area contributed by atoms with Gasteiger partial charge in [0.1, 0.15) is 0 Å². The zero-order valence-electron chi connectivity index (χ0n) is 23.3. The van der Waals surface area contributed by atoms with Gasteiger partial charge in [0, 0.05) is 44.5 Å². The first kappa shape index (κ1) is 30.8. The highest BCUT2D eigenvalue weighted by Crippen LogP contribution is 2.03. The molecule has 0 atom stereocenters. The fourth-order valence-corrected chi connectivity index (χ4v) is 3.38. The lowest BCUT2D eigenvalue weighted by Crippen LogP contribution is -2.22. The Balaban J connectivity index is 0.00000260. The van der Waals surface area contributed by atoms with E-state index in [4.69, 9.17) is 0 Å². The maximum absolute atomic E-state index is 4.54. The van der Waals surface area contributed by atoms with E-state index in [1.165, 1.54) is 16.7 Å². The molecule has 0 spiro atoms. The van der Waals surface area contributed by atoms with Crippen LogP contribution in [0.1, 0.15) is 30.5 Å². The van der Waals surface area contributed by atoms with Crippen molar-refractivity contribution in [1.82, 2.24) is 10.2 Å². The lowest BCUT2D eigenvalue weighted by atomic mass is 10.2. The number of hydrogen-bond acceptors (Lipinski definition) is 4. The Morgan fingerprint density at radius 3 is 1.67 bits per heavy atom. The topological polar surface area (TPSA) is 40.0 Å². The Kier molecular flexibility index (Phi) is 17.1. The van der Waals surface area contributed by atoms with Gasteiger partial charge in [-0.2, -0.15) is 0 Å².